The normalized spacial score (nSPS) is 13.4. The van der Waals surface area contributed by atoms with E-state index in [1.54, 1.807) is 0 Å². The molecule has 9 heteroatoms. The van der Waals surface area contributed by atoms with E-state index in [1.807, 2.05) is 6.92 Å². The maximum Gasteiger partial charge on any atom is 0.305 e. The minimum Gasteiger partial charge on any atom is -0.463 e. The first kappa shape index (κ1) is 54.2. The molecule has 3 unspecified atom stereocenters. The molecule has 0 aliphatic carbocycles. The van der Waals surface area contributed by atoms with E-state index in [-0.39, 0.29) is 43.5 Å². The molecular formula is C47H88O9. The Labute approximate surface area is 344 Å². The van der Waals surface area contributed by atoms with Gasteiger partial charge >= 0.3 is 11.9 Å². The molecule has 0 aromatic rings. The van der Waals surface area contributed by atoms with Gasteiger partial charge in [0.05, 0.1) is 38.6 Å². The number of unbranched alkanes of at least 4 members (excludes halogenated alkanes) is 17. The summed E-state index contributed by atoms with van der Waals surface area (Å²) in [5.74, 6) is -0.361. The fourth-order valence-corrected chi connectivity index (χ4v) is 6.32. The van der Waals surface area contributed by atoms with Crippen molar-refractivity contribution < 1.29 is 43.5 Å². The van der Waals surface area contributed by atoms with Crippen molar-refractivity contribution in [1.29, 1.82) is 0 Å². The predicted molar refractivity (Wildman–Crippen MR) is 230 cm³/mol. The number of esters is 2. The highest BCUT2D eigenvalue weighted by Crippen LogP contribution is 2.13. The van der Waals surface area contributed by atoms with E-state index < -0.39 is 0 Å². The van der Waals surface area contributed by atoms with Gasteiger partial charge in [0, 0.05) is 19.4 Å². The topological polar surface area (TPSA) is 121 Å². The minimum absolute atomic E-state index is 0.178. The molecule has 0 aliphatic heterocycles. The maximum atomic E-state index is 12.1. The molecule has 330 valence electrons. The third-order valence-corrected chi connectivity index (χ3v) is 9.83. The van der Waals surface area contributed by atoms with E-state index in [0.29, 0.717) is 45.9 Å². The van der Waals surface area contributed by atoms with Crippen molar-refractivity contribution in [1.82, 2.24) is 0 Å². The van der Waals surface area contributed by atoms with Crippen molar-refractivity contribution in [2.45, 2.75) is 219 Å². The Hall–Kier alpha value is -1.78. The first-order chi connectivity index (χ1) is 27.4. The molecule has 0 amide bonds. The predicted octanol–water partition coefficient (Wildman–Crippen LogP) is 11.3. The van der Waals surface area contributed by atoms with Gasteiger partial charge < -0.3 is 33.9 Å². The Morgan fingerprint density at radius 1 is 0.464 bits per heavy atom. The van der Waals surface area contributed by atoms with E-state index in [9.17, 15) is 19.8 Å². The van der Waals surface area contributed by atoms with E-state index in [4.69, 9.17) is 23.7 Å². The van der Waals surface area contributed by atoms with Crippen LogP contribution in [-0.4, -0.2) is 86.7 Å². The Morgan fingerprint density at radius 2 is 0.875 bits per heavy atom. The number of hydrogen-bond acceptors (Lipinski definition) is 9. The quantitative estimate of drug-likeness (QED) is 0.0353. The molecule has 0 aromatic carbocycles. The third-order valence-electron chi connectivity index (χ3n) is 9.83. The van der Waals surface area contributed by atoms with Crippen LogP contribution in [0.3, 0.4) is 0 Å². The summed E-state index contributed by atoms with van der Waals surface area (Å²) in [4.78, 5) is 24.2. The van der Waals surface area contributed by atoms with Gasteiger partial charge in [-0.1, -0.05) is 141 Å². The molecule has 0 fully saturated rings. The molecule has 9 nitrogen and oxygen atoms in total. The largest absolute Gasteiger partial charge is 0.463 e. The summed E-state index contributed by atoms with van der Waals surface area (Å²) in [5.41, 5.74) is 0. The van der Waals surface area contributed by atoms with Crippen LogP contribution in [0.2, 0.25) is 0 Å². The smallest absolute Gasteiger partial charge is 0.305 e. The lowest BCUT2D eigenvalue weighted by molar-refractivity contribution is -0.146. The Bertz CT molecular complexity index is 893. The van der Waals surface area contributed by atoms with Gasteiger partial charge in [0.25, 0.3) is 0 Å². The van der Waals surface area contributed by atoms with Gasteiger partial charge in [-0.3, -0.25) is 9.59 Å². The molecule has 0 radical (unpaired) electrons. The van der Waals surface area contributed by atoms with Gasteiger partial charge in [-0.15, -0.1) is 0 Å². The number of aliphatic hydroxyl groups is 2. The van der Waals surface area contributed by atoms with Crippen molar-refractivity contribution in [3.8, 4) is 0 Å². The van der Waals surface area contributed by atoms with Crippen molar-refractivity contribution in [2.75, 3.05) is 46.2 Å². The van der Waals surface area contributed by atoms with Crippen molar-refractivity contribution in [2.24, 2.45) is 0 Å². The third kappa shape index (κ3) is 41.8. The Balaban J connectivity index is 3.71. The van der Waals surface area contributed by atoms with Gasteiger partial charge in [-0.05, 0) is 70.6 Å². The number of aliphatic hydroxyl groups excluding tert-OH is 2. The van der Waals surface area contributed by atoms with Crippen LogP contribution < -0.4 is 0 Å². The number of ether oxygens (including phenoxy) is 5. The van der Waals surface area contributed by atoms with Crippen LogP contribution in [0.5, 0.6) is 0 Å². The average Bonchev–Trinajstić information content (AvgIpc) is 3.19. The van der Waals surface area contributed by atoms with Gasteiger partial charge in [0.1, 0.15) is 19.3 Å². The van der Waals surface area contributed by atoms with E-state index in [1.165, 1.54) is 57.8 Å². The van der Waals surface area contributed by atoms with Gasteiger partial charge in [-0.2, -0.15) is 0 Å². The second-order valence-corrected chi connectivity index (χ2v) is 15.5. The molecule has 0 aliphatic rings. The van der Waals surface area contributed by atoms with Crippen LogP contribution >= 0.6 is 0 Å². The highest BCUT2D eigenvalue weighted by Gasteiger charge is 2.11. The van der Waals surface area contributed by atoms with Crippen molar-refractivity contribution in [3.63, 3.8) is 0 Å². The molecule has 2 N–H and O–H groups in total. The lowest BCUT2D eigenvalue weighted by Gasteiger charge is -2.18. The number of carbonyl (C=O) groups is 2. The van der Waals surface area contributed by atoms with E-state index in [2.05, 4.69) is 38.2 Å². The summed E-state index contributed by atoms with van der Waals surface area (Å²) in [7, 11) is 0. The molecule has 0 heterocycles. The van der Waals surface area contributed by atoms with Crippen LogP contribution in [0.4, 0.5) is 0 Å². The Morgan fingerprint density at radius 3 is 1.30 bits per heavy atom. The molecule has 0 rings (SSSR count). The SMILES string of the molecule is CCCCCCC(O)C/C=C\CCCCCCCCC(=O)OCCOCC(COCCOC(=O)CCCCCCC/C=C\CC(O)CCCCCC)OCCC. The Kier molecular flexibility index (Phi) is 42.9. The molecule has 0 saturated heterocycles. The number of carbonyl (C=O) groups excluding carboxylic acids is 2. The zero-order valence-electron chi connectivity index (χ0n) is 36.5. The average molecular weight is 797 g/mol. The summed E-state index contributed by atoms with van der Waals surface area (Å²) in [6.07, 6.45) is 36.7. The lowest BCUT2D eigenvalue weighted by atomic mass is 10.1. The van der Waals surface area contributed by atoms with Gasteiger partial charge in [0.2, 0.25) is 0 Å². The molecule has 0 bridgehead atoms. The molecule has 0 saturated carbocycles. The molecule has 0 aromatic heterocycles. The van der Waals surface area contributed by atoms with Crippen LogP contribution in [0.25, 0.3) is 0 Å². The van der Waals surface area contributed by atoms with Gasteiger partial charge in [0.15, 0.2) is 0 Å². The van der Waals surface area contributed by atoms with E-state index >= 15 is 0 Å². The monoisotopic (exact) mass is 797 g/mol. The van der Waals surface area contributed by atoms with Crippen LogP contribution in [0.15, 0.2) is 24.3 Å². The molecular weight excluding hydrogens is 709 g/mol. The number of allylic oxidation sites excluding steroid dienone is 2. The summed E-state index contributed by atoms with van der Waals surface area (Å²) < 4.78 is 27.9. The zero-order valence-corrected chi connectivity index (χ0v) is 36.5. The second kappa shape index (κ2) is 44.3. The summed E-state index contributed by atoms with van der Waals surface area (Å²) in [6, 6.07) is 0. The first-order valence-electron chi connectivity index (χ1n) is 23.2. The van der Waals surface area contributed by atoms with Crippen LogP contribution in [0, 0.1) is 0 Å². The van der Waals surface area contributed by atoms with Crippen molar-refractivity contribution >= 4 is 11.9 Å². The zero-order chi connectivity index (χ0) is 41.0. The molecule has 56 heavy (non-hydrogen) atoms. The standard InChI is InChI=1S/C47H88O9/c1-4-7-9-24-30-43(48)32-26-20-16-12-11-13-18-22-28-34-46(50)55-39-37-52-41-45(54-36-6-3)42-53-38-40-56-47(51)35-29-23-19-15-14-17-21-27-33-44(49)31-25-10-8-5-2/h20-21,26-27,43-45,48-49H,4-19,22-25,28-42H2,1-3H3/b26-20-,27-21-. The van der Waals surface area contributed by atoms with Crippen LogP contribution in [-0.2, 0) is 33.3 Å². The highest BCUT2D eigenvalue weighted by atomic mass is 16.6. The lowest BCUT2D eigenvalue weighted by Crippen LogP contribution is -2.28. The van der Waals surface area contributed by atoms with Crippen LogP contribution in [0.1, 0.15) is 201 Å². The number of rotatable bonds is 44. The summed E-state index contributed by atoms with van der Waals surface area (Å²) in [5, 5.41) is 20.1. The van der Waals surface area contributed by atoms with E-state index in [0.717, 1.165) is 109 Å². The highest BCUT2D eigenvalue weighted by molar-refractivity contribution is 5.69. The molecule has 0 spiro atoms. The molecule has 3 atom stereocenters. The van der Waals surface area contributed by atoms with Crippen molar-refractivity contribution in [3.05, 3.63) is 24.3 Å². The second-order valence-electron chi connectivity index (χ2n) is 15.5. The fourth-order valence-electron chi connectivity index (χ4n) is 6.32. The number of hydrogen-bond donors (Lipinski definition) is 2. The van der Waals surface area contributed by atoms with Gasteiger partial charge in [-0.25, -0.2) is 0 Å². The summed E-state index contributed by atoms with van der Waals surface area (Å²) >= 11 is 0. The minimum atomic E-state index is -0.238. The fraction of sp³-hybridized carbons (Fsp3) is 0.872. The maximum absolute atomic E-state index is 12.1. The first-order valence-corrected chi connectivity index (χ1v) is 23.2. The summed E-state index contributed by atoms with van der Waals surface area (Å²) in [6.45, 7) is 8.80.